The third-order valence-electron chi connectivity index (χ3n) is 3.18. The third kappa shape index (κ3) is 2.32. The van der Waals surface area contributed by atoms with E-state index in [1.807, 2.05) is 0 Å². The van der Waals surface area contributed by atoms with Crippen molar-refractivity contribution in [1.82, 2.24) is 0 Å². The van der Waals surface area contributed by atoms with E-state index in [1.165, 1.54) is 38.5 Å². The lowest BCUT2D eigenvalue weighted by Gasteiger charge is -2.25. The van der Waals surface area contributed by atoms with Crippen LogP contribution in [0.2, 0.25) is 0 Å². The highest BCUT2D eigenvalue weighted by Gasteiger charge is 2.17. The number of allylic oxidation sites excluding steroid dienone is 1. The molecule has 1 heterocycles. The lowest BCUT2D eigenvalue weighted by atomic mass is 9.87. The van der Waals surface area contributed by atoms with Crippen molar-refractivity contribution < 1.29 is 4.74 Å². The molecular formula is C11H19NO. The minimum atomic E-state index is 0.453. The Hall–Kier alpha value is -0.340. The summed E-state index contributed by atoms with van der Waals surface area (Å²) in [5.41, 5.74) is 9.11. The molecule has 1 aliphatic heterocycles. The first kappa shape index (κ1) is 9.22. The monoisotopic (exact) mass is 181 g/mol. The van der Waals surface area contributed by atoms with E-state index in [2.05, 4.69) is 0 Å². The summed E-state index contributed by atoms with van der Waals surface area (Å²) >= 11 is 0. The molecule has 0 aromatic heterocycles. The zero-order chi connectivity index (χ0) is 9.10. The molecule has 2 heteroatoms. The van der Waals surface area contributed by atoms with E-state index >= 15 is 0 Å². The van der Waals surface area contributed by atoms with Crippen LogP contribution in [0.25, 0.3) is 0 Å². The van der Waals surface area contributed by atoms with E-state index in [0.29, 0.717) is 6.04 Å². The Kier molecular flexibility index (Phi) is 3.01. The van der Waals surface area contributed by atoms with Crippen molar-refractivity contribution in [3.8, 4) is 0 Å². The molecule has 1 aliphatic carbocycles. The van der Waals surface area contributed by atoms with Crippen LogP contribution in [0.1, 0.15) is 38.5 Å². The second kappa shape index (κ2) is 4.25. The van der Waals surface area contributed by atoms with Gasteiger partial charge in [-0.05, 0) is 44.1 Å². The van der Waals surface area contributed by atoms with Crippen molar-refractivity contribution in [2.45, 2.75) is 44.6 Å². The van der Waals surface area contributed by atoms with E-state index in [4.69, 9.17) is 10.5 Å². The van der Waals surface area contributed by atoms with Crippen molar-refractivity contribution >= 4 is 0 Å². The van der Waals surface area contributed by atoms with E-state index in [-0.39, 0.29) is 0 Å². The van der Waals surface area contributed by atoms with Crippen LogP contribution in [-0.2, 0) is 4.74 Å². The molecule has 2 N–H and O–H groups in total. The summed E-state index contributed by atoms with van der Waals surface area (Å²) in [6.07, 6.45) is 7.28. The Morgan fingerprint density at radius 3 is 2.46 bits per heavy atom. The predicted molar refractivity (Wildman–Crippen MR) is 53.5 cm³/mol. The van der Waals surface area contributed by atoms with Gasteiger partial charge in [-0.3, -0.25) is 0 Å². The van der Waals surface area contributed by atoms with Crippen LogP contribution in [0.3, 0.4) is 0 Å². The largest absolute Gasteiger partial charge is 0.377 e. The lowest BCUT2D eigenvalue weighted by Crippen LogP contribution is -2.24. The molecule has 0 amide bonds. The number of rotatable bonds is 0. The maximum atomic E-state index is 5.87. The fraction of sp³-hybridized carbons (Fsp3) is 0.818. The van der Waals surface area contributed by atoms with Crippen LogP contribution in [-0.4, -0.2) is 19.3 Å². The zero-order valence-corrected chi connectivity index (χ0v) is 8.22. The SMILES string of the molecule is NC1CCC(=C2CCCOC2)CC1. The topological polar surface area (TPSA) is 35.2 Å². The molecule has 0 radical (unpaired) electrons. The number of ether oxygens (including phenoxy) is 1. The van der Waals surface area contributed by atoms with Gasteiger partial charge in [0.15, 0.2) is 0 Å². The highest BCUT2D eigenvalue weighted by molar-refractivity contribution is 5.18. The summed E-state index contributed by atoms with van der Waals surface area (Å²) in [5, 5.41) is 0. The molecule has 2 nitrogen and oxygen atoms in total. The average Bonchev–Trinajstić information content (AvgIpc) is 2.20. The predicted octanol–water partition coefficient (Wildman–Crippen LogP) is 1.99. The highest BCUT2D eigenvalue weighted by atomic mass is 16.5. The Morgan fingerprint density at radius 2 is 1.85 bits per heavy atom. The molecule has 0 aromatic carbocycles. The first-order chi connectivity index (χ1) is 6.36. The fourth-order valence-corrected chi connectivity index (χ4v) is 2.28. The molecule has 0 spiro atoms. The Bertz CT molecular complexity index is 192. The standard InChI is InChI=1S/C11H19NO/c12-11-5-3-9(4-6-11)10-2-1-7-13-8-10/h11H,1-8,12H2. The molecule has 0 atom stereocenters. The summed E-state index contributed by atoms with van der Waals surface area (Å²) in [5.74, 6) is 0. The minimum absolute atomic E-state index is 0.453. The molecule has 13 heavy (non-hydrogen) atoms. The summed E-state index contributed by atoms with van der Waals surface area (Å²) < 4.78 is 5.47. The van der Waals surface area contributed by atoms with Crippen molar-refractivity contribution in [3.05, 3.63) is 11.1 Å². The number of nitrogens with two attached hydrogens (primary N) is 1. The van der Waals surface area contributed by atoms with Crippen LogP contribution < -0.4 is 5.73 Å². The highest BCUT2D eigenvalue weighted by Crippen LogP contribution is 2.28. The van der Waals surface area contributed by atoms with Crippen molar-refractivity contribution in [2.75, 3.05) is 13.2 Å². The lowest BCUT2D eigenvalue weighted by molar-refractivity contribution is 0.128. The van der Waals surface area contributed by atoms with Crippen molar-refractivity contribution in [3.63, 3.8) is 0 Å². The molecule has 2 aliphatic rings. The minimum Gasteiger partial charge on any atom is -0.377 e. The summed E-state index contributed by atoms with van der Waals surface area (Å²) in [6.45, 7) is 1.85. The van der Waals surface area contributed by atoms with E-state index < -0.39 is 0 Å². The molecule has 0 bridgehead atoms. The van der Waals surface area contributed by atoms with Crippen molar-refractivity contribution in [1.29, 1.82) is 0 Å². The maximum Gasteiger partial charge on any atom is 0.0679 e. The van der Waals surface area contributed by atoms with Crippen LogP contribution in [0.15, 0.2) is 11.1 Å². The van der Waals surface area contributed by atoms with Crippen LogP contribution in [0, 0.1) is 0 Å². The van der Waals surface area contributed by atoms with E-state index in [0.717, 1.165) is 13.2 Å². The van der Waals surface area contributed by atoms with Gasteiger partial charge < -0.3 is 10.5 Å². The molecular weight excluding hydrogens is 162 g/mol. The molecule has 0 aromatic rings. The van der Waals surface area contributed by atoms with Gasteiger partial charge >= 0.3 is 0 Å². The summed E-state index contributed by atoms with van der Waals surface area (Å²) in [7, 11) is 0. The van der Waals surface area contributed by atoms with Gasteiger partial charge in [0.05, 0.1) is 6.61 Å². The van der Waals surface area contributed by atoms with E-state index in [1.54, 1.807) is 11.1 Å². The van der Waals surface area contributed by atoms with Gasteiger partial charge in [0.1, 0.15) is 0 Å². The van der Waals surface area contributed by atoms with Gasteiger partial charge in [-0.2, -0.15) is 0 Å². The fourth-order valence-electron chi connectivity index (χ4n) is 2.28. The second-order valence-electron chi connectivity index (χ2n) is 4.20. The molecule has 2 fully saturated rings. The summed E-state index contributed by atoms with van der Waals surface area (Å²) in [6, 6.07) is 0.453. The van der Waals surface area contributed by atoms with Crippen molar-refractivity contribution in [2.24, 2.45) is 5.73 Å². The third-order valence-corrected chi connectivity index (χ3v) is 3.18. The van der Waals surface area contributed by atoms with Crippen LogP contribution in [0.4, 0.5) is 0 Å². The summed E-state index contributed by atoms with van der Waals surface area (Å²) in [4.78, 5) is 0. The van der Waals surface area contributed by atoms with Gasteiger partial charge in [0.25, 0.3) is 0 Å². The molecule has 74 valence electrons. The number of hydrogen-bond acceptors (Lipinski definition) is 2. The second-order valence-corrected chi connectivity index (χ2v) is 4.20. The average molecular weight is 181 g/mol. The molecule has 0 unspecified atom stereocenters. The smallest absolute Gasteiger partial charge is 0.0679 e. The van der Waals surface area contributed by atoms with Gasteiger partial charge in [0, 0.05) is 12.6 Å². The molecule has 2 rings (SSSR count). The Labute approximate surface area is 80.1 Å². The van der Waals surface area contributed by atoms with Gasteiger partial charge in [0.2, 0.25) is 0 Å². The molecule has 1 saturated carbocycles. The van der Waals surface area contributed by atoms with Gasteiger partial charge in [-0.25, -0.2) is 0 Å². The Morgan fingerprint density at radius 1 is 1.08 bits per heavy atom. The van der Waals surface area contributed by atoms with Crippen LogP contribution >= 0.6 is 0 Å². The normalized spacial score (nSPS) is 30.7. The van der Waals surface area contributed by atoms with Gasteiger partial charge in [-0.1, -0.05) is 5.57 Å². The van der Waals surface area contributed by atoms with Gasteiger partial charge in [-0.15, -0.1) is 0 Å². The maximum absolute atomic E-state index is 5.87. The number of hydrogen-bond donors (Lipinski definition) is 1. The first-order valence-electron chi connectivity index (χ1n) is 5.39. The van der Waals surface area contributed by atoms with Crippen LogP contribution in [0.5, 0.6) is 0 Å². The Balaban J connectivity index is 1.97. The molecule has 1 saturated heterocycles. The zero-order valence-electron chi connectivity index (χ0n) is 8.22. The van der Waals surface area contributed by atoms with E-state index in [9.17, 15) is 0 Å². The quantitative estimate of drug-likeness (QED) is 0.580. The first-order valence-corrected chi connectivity index (χ1v) is 5.39.